The molecule has 0 bridgehead atoms. The van der Waals surface area contributed by atoms with Crippen molar-refractivity contribution in [3.05, 3.63) is 51.5 Å². The Kier molecular flexibility index (Phi) is 5.23. The first-order chi connectivity index (χ1) is 9.88. The second-order valence-corrected chi connectivity index (χ2v) is 6.42. The third-order valence-corrected chi connectivity index (χ3v) is 3.94. The molecular weight excluding hydrogens is 308 g/mol. The molecule has 0 saturated heterocycles. The minimum Gasteiger partial charge on any atom is -0.224 e. The summed E-state index contributed by atoms with van der Waals surface area (Å²) in [5.74, 6) is 0.270. The Hall–Kier alpha value is -1.12. The van der Waals surface area contributed by atoms with Gasteiger partial charge < -0.3 is 0 Å². The van der Waals surface area contributed by atoms with Crippen molar-refractivity contribution in [3.63, 3.8) is 0 Å². The fourth-order valence-corrected chi connectivity index (χ4v) is 2.78. The van der Waals surface area contributed by atoms with E-state index in [-0.39, 0.29) is 11.0 Å². The SMILES string of the molecule is Cc1ccc(-c2cc(Cl)nc(Cl)c2CCC(C)C)c(F)c1. The summed E-state index contributed by atoms with van der Waals surface area (Å²) in [6.45, 7) is 6.14. The molecule has 112 valence electrons. The largest absolute Gasteiger partial charge is 0.224 e. The first kappa shape index (κ1) is 16.3. The second-order valence-electron chi connectivity index (χ2n) is 5.68. The fourth-order valence-electron chi connectivity index (χ4n) is 2.26. The van der Waals surface area contributed by atoms with Crippen LogP contribution in [0.5, 0.6) is 0 Å². The average molecular weight is 326 g/mol. The molecule has 1 aromatic heterocycles. The third kappa shape index (κ3) is 3.96. The summed E-state index contributed by atoms with van der Waals surface area (Å²) >= 11 is 12.2. The molecule has 0 atom stereocenters. The molecule has 0 aliphatic rings. The Morgan fingerprint density at radius 3 is 2.48 bits per heavy atom. The van der Waals surface area contributed by atoms with Gasteiger partial charge in [0, 0.05) is 5.56 Å². The van der Waals surface area contributed by atoms with Crippen LogP contribution in [0.2, 0.25) is 10.3 Å². The molecule has 0 unspecified atom stereocenters. The van der Waals surface area contributed by atoms with Gasteiger partial charge in [-0.05, 0) is 54.5 Å². The summed E-state index contributed by atoms with van der Waals surface area (Å²) in [4.78, 5) is 4.09. The van der Waals surface area contributed by atoms with Crippen LogP contribution in [0.25, 0.3) is 11.1 Å². The normalized spacial score (nSPS) is 11.2. The lowest BCUT2D eigenvalue weighted by Gasteiger charge is -2.14. The van der Waals surface area contributed by atoms with Crippen LogP contribution in [0.1, 0.15) is 31.4 Å². The van der Waals surface area contributed by atoms with Crippen molar-refractivity contribution in [1.82, 2.24) is 4.98 Å². The van der Waals surface area contributed by atoms with Crippen molar-refractivity contribution in [2.24, 2.45) is 5.92 Å². The van der Waals surface area contributed by atoms with E-state index in [0.29, 0.717) is 16.6 Å². The molecule has 0 aliphatic heterocycles. The number of hydrogen-bond donors (Lipinski definition) is 0. The van der Waals surface area contributed by atoms with Gasteiger partial charge in [0.2, 0.25) is 0 Å². The summed E-state index contributed by atoms with van der Waals surface area (Å²) < 4.78 is 14.3. The molecule has 21 heavy (non-hydrogen) atoms. The summed E-state index contributed by atoms with van der Waals surface area (Å²) in [5.41, 5.74) is 2.99. The molecule has 2 aromatic rings. The lowest BCUT2D eigenvalue weighted by Crippen LogP contribution is -1.99. The van der Waals surface area contributed by atoms with E-state index in [1.54, 1.807) is 12.1 Å². The Balaban J connectivity index is 2.55. The van der Waals surface area contributed by atoms with Gasteiger partial charge in [0.1, 0.15) is 16.1 Å². The Bertz CT molecular complexity index is 653. The summed E-state index contributed by atoms with van der Waals surface area (Å²) in [6, 6.07) is 6.86. The molecule has 0 spiro atoms. The van der Waals surface area contributed by atoms with Crippen molar-refractivity contribution in [3.8, 4) is 11.1 Å². The minimum absolute atomic E-state index is 0.265. The van der Waals surface area contributed by atoms with Crippen LogP contribution in [0.15, 0.2) is 24.3 Å². The van der Waals surface area contributed by atoms with Gasteiger partial charge >= 0.3 is 0 Å². The highest BCUT2D eigenvalue weighted by Gasteiger charge is 2.16. The van der Waals surface area contributed by atoms with Gasteiger partial charge in [0.05, 0.1) is 0 Å². The molecule has 0 aliphatic carbocycles. The Morgan fingerprint density at radius 2 is 1.86 bits per heavy atom. The fraction of sp³-hybridized carbons (Fsp3) is 0.353. The van der Waals surface area contributed by atoms with Crippen molar-refractivity contribution >= 4 is 23.2 Å². The van der Waals surface area contributed by atoms with Gasteiger partial charge in [-0.1, -0.05) is 49.2 Å². The van der Waals surface area contributed by atoms with Crippen LogP contribution < -0.4 is 0 Å². The summed E-state index contributed by atoms with van der Waals surface area (Å²) in [6.07, 6.45) is 1.72. The van der Waals surface area contributed by atoms with E-state index in [1.807, 2.05) is 13.0 Å². The monoisotopic (exact) mass is 325 g/mol. The van der Waals surface area contributed by atoms with Gasteiger partial charge in [-0.3, -0.25) is 0 Å². The highest BCUT2D eigenvalue weighted by molar-refractivity contribution is 6.33. The number of benzene rings is 1. The van der Waals surface area contributed by atoms with Crippen LogP contribution in [-0.4, -0.2) is 4.98 Å². The molecule has 0 amide bonds. The Morgan fingerprint density at radius 1 is 1.14 bits per heavy atom. The summed E-state index contributed by atoms with van der Waals surface area (Å²) in [5, 5.41) is 0.640. The second kappa shape index (κ2) is 6.76. The lowest BCUT2D eigenvalue weighted by atomic mass is 9.95. The van der Waals surface area contributed by atoms with Crippen LogP contribution in [0, 0.1) is 18.7 Å². The smallest absolute Gasteiger partial charge is 0.134 e. The van der Waals surface area contributed by atoms with Gasteiger partial charge in [-0.25, -0.2) is 9.37 Å². The molecule has 4 heteroatoms. The third-order valence-electron chi connectivity index (χ3n) is 3.43. The maximum Gasteiger partial charge on any atom is 0.134 e. The predicted molar refractivity (Wildman–Crippen MR) is 87.5 cm³/mol. The van der Waals surface area contributed by atoms with E-state index in [1.165, 1.54) is 6.07 Å². The van der Waals surface area contributed by atoms with Crippen molar-refractivity contribution in [2.75, 3.05) is 0 Å². The van der Waals surface area contributed by atoms with Crippen molar-refractivity contribution in [1.29, 1.82) is 0 Å². The van der Waals surface area contributed by atoms with Gasteiger partial charge in [-0.2, -0.15) is 0 Å². The molecular formula is C17H18Cl2FN. The van der Waals surface area contributed by atoms with Crippen LogP contribution >= 0.6 is 23.2 Å². The number of halogens is 3. The van der Waals surface area contributed by atoms with Crippen molar-refractivity contribution in [2.45, 2.75) is 33.6 Å². The van der Waals surface area contributed by atoms with Crippen LogP contribution in [0.4, 0.5) is 4.39 Å². The van der Waals surface area contributed by atoms with Gasteiger partial charge in [-0.15, -0.1) is 0 Å². The zero-order chi connectivity index (χ0) is 15.6. The highest BCUT2D eigenvalue weighted by atomic mass is 35.5. The number of rotatable bonds is 4. The first-order valence-corrected chi connectivity index (χ1v) is 7.75. The molecule has 0 radical (unpaired) electrons. The molecule has 0 saturated carbocycles. The number of nitrogens with zero attached hydrogens (tertiary/aromatic N) is 1. The average Bonchev–Trinajstić information content (AvgIpc) is 2.36. The van der Waals surface area contributed by atoms with Crippen molar-refractivity contribution < 1.29 is 4.39 Å². The molecule has 1 heterocycles. The van der Waals surface area contributed by atoms with E-state index < -0.39 is 0 Å². The number of aromatic nitrogens is 1. The van der Waals surface area contributed by atoms with Crippen LogP contribution in [-0.2, 0) is 6.42 Å². The van der Waals surface area contributed by atoms with E-state index in [4.69, 9.17) is 23.2 Å². The molecule has 0 N–H and O–H groups in total. The molecule has 1 nitrogen and oxygen atoms in total. The molecule has 0 fully saturated rings. The standard InChI is InChI=1S/C17H18Cl2FN/c1-10(2)4-6-13-14(9-16(18)21-17(13)19)12-7-5-11(3)8-15(12)20/h5,7-10H,4,6H2,1-3H3. The van der Waals surface area contributed by atoms with Gasteiger partial charge in [0.25, 0.3) is 0 Å². The highest BCUT2D eigenvalue weighted by Crippen LogP contribution is 2.33. The predicted octanol–water partition coefficient (Wildman–Crippen LogP) is 6.09. The Labute approximate surface area is 135 Å². The van der Waals surface area contributed by atoms with Gasteiger partial charge in [0.15, 0.2) is 0 Å². The first-order valence-electron chi connectivity index (χ1n) is 7.00. The topological polar surface area (TPSA) is 12.9 Å². The maximum atomic E-state index is 14.3. The zero-order valence-corrected chi connectivity index (χ0v) is 13.9. The van der Waals surface area contributed by atoms with E-state index >= 15 is 0 Å². The van der Waals surface area contributed by atoms with Crippen LogP contribution in [0.3, 0.4) is 0 Å². The van der Waals surface area contributed by atoms with E-state index in [0.717, 1.165) is 29.5 Å². The zero-order valence-electron chi connectivity index (χ0n) is 12.4. The minimum atomic E-state index is -0.265. The lowest BCUT2D eigenvalue weighted by molar-refractivity contribution is 0.586. The summed E-state index contributed by atoms with van der Waals surface area (Å²) in [7, 11) is 0. The van der Waals surface area contributed by atoms with E-state index in [2.05, 4.69) is 18.8 Å². The van der Waals surface area contributed by atoms with E-state index in [9.17, 15) is 4.39 Å². The number of pyridine rings is 1. The maximum absolute atomic E-state index is 14.3. The molecule has 2 rings (SSSR count). The number of aryl methyl sites for hydroxylation is 1. The number of hydrogen-bond acceptors (Lipinski definition) is 1. The molecule has 1 aromatic carbocycles. The quantitative estimate of drug-likeness (QED) is 0.619.